The van der Waals surface area contributed by atoms with E-state index < -0.39 is 23.2 Å². The number of carbonyl (C=O) groups excluding carboxylic acids is 1. The first kappa shape index (κ1) is 24.3. The smallest absolute Gasteiger partial charge is 0.447 e. The lowest BCUT2D eigenvalue weighted by atomic mass is 10.1. The third kappa shape index (κ3) is 7.68. The van der Waals surface area contributed by atoms with Gasteiger partial charge in [-0.1, -0.05) is 12.1 Å². The van der Waals surface area contributed by atoms with Crippen LogP contribution in [-0.4, -0.2) is 60.8 Å². The molecule has 10 heteroatoms. The molecule has 0 spiro atoms. The van der Waals surface area contributed by atoms with Crippen molar-refractivity contribution in [2.45, 2.75) is 36.0 Å². The molecule has 0 saturated carbocycles. The fourth-order valence-electron chi connectivity index (χ4n) is 3.39. The van der Waals surface area contributed by atoms with Crippen molar-refractivity contribution in [2.75, 3.05) is 33.4 Å². The van der Waals surface area contributed by atoms with Gasteiger partial charge in [0, 0.05) is 50.3 Å². The zero-order valence-corrected chi connectivity index (χ0v) is 18.5. The number of alkyl halides is 3. The number of nitrogens with zero attached hydrogens (tertiary/aromatic N) is 2. The van der Waals surface area contributed by atoms with E-state index >= 15 is 0 Å². The minimum Gasteiger partial charge on any atom is -0.492 e. The third-order valence-electron chi connectivity index (χ3n) is 5.11. The molecule has 2 heterocycles. The molecule has 2 aromatic rings. The number of carbonyl (C=O) groups is 1. The van der Waals surface area contributed by atoms with Gasteiger partial charge >= 0.3 is 5.51 Å². The monoisotopic (exact) mass is 469 g/mol. The lowest BCUT2D eigenvalue weighted by Gasteiger charge is -2.31. The van der Waals surface area contributed by atoms with E-state index in [4.69, 9.17) is 9.47 Å². The van der Waals surface area contributed by atoms with Crippen LogP contribution >= 0.6 is 11.8 Å². The third-order valence-corrected chi connectivity index (χ3v) is 5.86. The number of likely N-dealkylation sites (N-methyl/N-ethyl adjacent to an activating group) is 1. The van der Waals surface area contributed by atoms with Crippen LogP contribution in [0.15, 0.2) is 47.6 Å². The molecule has 0 unspecified atom stereocenters. The highest BCUT2D eigenvalue weighted by atomic mass is 32.2. The van der Waals surface area contributed by atoms with Crippen molar-refractivity contribution in [3.05, 3.63) is 53.7 Å². The summed E-state index contributed by atoms with van der Waals surface area (Å²) in [6.45, 7) is 3.05. The number of hydrogen-bond acceptors (Lipinski definition) is 6. The maximum Gasteiger partial charge on any atom is 0.447 e. The molecular weight excluding hydrogens is 443 g/mol. The van der Waals surface area contributed by atoms with E-state index in [2.05, 4.69) is 22.2 Å². The predicted molar refractivity (Wildman–Crippen MR) is 116 cm³/mol. The van der Waals surface area contributed by atoms with Crippen LogP contribution in [0.3, 0.4) is 0 Å². The molecule has 0 aliphatic carbocycles. The largest absolute Gasteiger partial charge is 0.492 e. The summed E-state index contributed by atoms with van der Waals surface area (Å²) in [6.07, 6.45) is 3.27. The van der Waals surface area contributed by atoms with Gasteiger partial charge in [-0.3, -0.25) is 9.69 Å². The first-order chi connectivity index (χ1) is 15.3. The highest BCUT2D eigenvalue weighted by Crippen LogP contribution is 2.37. The van der Waals surface area contributed by atoms with Gasteiger partial charge in [-0.2, -0.15) is 13.2 Å². The topological polar surface area (TPSA) is 63.7 Å². The molecule has 174 valence electrons. The number of benzene rings is 1. The average molecular weight is 470 g/mol. The first-order valence-corrected chi connectivity index (χ1v) is 11.1. The predicted octanol–water partition coefficient (Wildman–Crippen LogP) is 4.11. The Balaban J connectivity index is 1.50. The molecule has 1 N–H and O–H groups in total. The number of rotatable bonds is 9. The van der Waals surface area contributed by atoms with Crippen LogP contribution in [0.25, 0.3) is 0 Å². The second-order valence-corrected chi connectivity index (χ2v) is 8.46. The second-order valence-electron chi connectivity index (χ2n) is 7.41. The minimum atomic E-state index is -4.52. The number of pyridine rings is 1. The van der Waals surface area contributed by atoms with Crippen molar-refractivity contribution in [1.82, 2.24) is 15.2 Å². The summed E-state index contributed by atoms with van der Waals surface area (Å²) in [5, 5.41) is 2.28. The van der Waals surface area contributed by atoms with Gasteiger partial charge in [0.05, 0.1) is 5.56 Å². The Morgan fingerprint density at radius 3 is 2.81 bits per heavy atom. The van der Waals surface area contributed by atoms with Crippen molar-refractivity contribution in [2.24, 2.45) is 0 Å². The van der Waals surface area contributed by atoms with Gasteiger partial charge in [0.15, 0.2) is 0 Å². The number of thioether (sulfide) groups is 1. The fourth-order valence-corrected chi connectivity index (χ4v) is 4.00. The second kappa shape index (κ2) is 11.5. The minimum absolute atomic E-state index is 0.113. The normalized spacial score (nSPS) is 15.0. The average Bonchev–Trinajstić information content (AvgIpc) is 2.77. The maximum atomic E-state index is 12.7. The molecular formula is C22H26F3N3O3S. The molecule has 1 aliphatic heterocycles. The van der Waals surface area contributed by atoms with E-state index in [1.165, 1.54) is 18.3 Å². The van der Waals surface area contributed by atoms with Crippen molar-refractivity contribution in [3.63, 3.8) is 0 Å². The summed E-state index contributed by atoms with van der Waals surface area (Å²) in [6, 6.07) is 10.5. The van der Waals surface area contributed by atoms with Gasteiger partial charge in [0.25, 0.3) is 5.91 Å². The van der Waals surface area contributed by atoms with E-state index in [1.54, 1.807) is 0 Å². The number of aromatic nitrogens is 1. The molecule has 1 amide bonds. The molecule has 1 aliphatic rings. The fraction of sp³-hybridized carbons (Fsp3) is 0.455. The molecule has 3 rings (SSSR count). The number of ether oxygens (including phenoxy) is 2. The zero-order valence-electron chi connectivity index (χ0n) is 17.7. The van der Waals surface area contributed by atoms with Crippen molar-refractivity contribution in [3.8, 4) is 5.75 Å². The molecule has 1 aromatic carbocycles. The summed E-state index contributed by atoms with van der Waals surface area (Å²) < 4.78 is 49.4. The standard InChI is InChI=1S/C22H26F3N3O3S/c1-28(17-7-11-30-12-8-17)10-13-31-18-5-2-4-16(14-18)15-27-20(29)19-6-3-9-26-21(19)32-22(23,24)25/h2-6,9,14,17H,7-8,10-13,15H2,1H3,(H,27,29). The Morgan fingerprint density at radius 1 is 1.28 bits per heavy atom. The number of hydrogen-bond donors (Lipinski definition) is 1. The summed E-state index contributed by atoms with van der Waals surface area (Å²) in [4.78, 5) is 18.4. The van der Waals surface area contributed by atoms with E-state index in [0.717, 1.165) is 38.2 Å². The maximum absolute atomic E-state index is 12.7. The molecule has 32 heavy (non-hydrogen) atoms. The van der Waals surface area contributed by atoms with Gasteiger partial charge in [0.2, 0.25) is 0 Å². The van der Waals surface area contributed by atoms with E-state index in [-0.39, 0.29) is 17.1 Å². The van der Waals surface area contributed by atoms with Crippen LogP contribution in [0, 0.1) is 0 Å². The summed E-state index contributed by atoms with van der Waals surface area (Å²) >= 11 is -0.402. The Bertz CT molecular complexity index is 892. The van der Waals surface area contributed by atoms with Crippen LogP contribution in [0.2, 0.25) is 0 Å². The van der Waals surface area contributed by atoms with Crippen molar-refractivity contribution < 1.29 is 27.4 Å². The zero-order chi connectivity index (χ0) is 23.0. The lowest BCUT2D eigenvalue weighted by Crippen LogP contribution is -2.38. The molecule has 0 radical (unpaired) electrons. The van der Waals surface area contributed by atoms with Crippen molar-refractivity contribution in [1.29, 1.82) is 0 Å². The molecule has 0 bridgehead atoms. The Hall–Kier alpha value is -2.30. The SMILES string of the molecule is CN(CCOc1cccc(CNC(=O)c2cccnc2SC(F)(F)F)c1)C1CCOCC1. The Labute approximate surface area is 189 Å². The van der Waals surface area contributed by atoms with Crippen LogP contribution in [0.1, 0.15) is 28.8 Å². The van der Waals surface area contributed by atoms with E-state index in [9.17, 15) is 18.0 Å². The molecule has 1 fully saturated rings. The van der Waals surface area contributed by atoms with E-state index in [0.29, 0.717) is 18.4 Å². The van der Waals surface area contributed by atoms with Gasteiger partial charge in [-0.25, -0.2) is 4.98 Å². The first-order valence-electron chi connectivity index (χ1n) is 10.3. The molecule has 1 saturated heterocycles. The molecule has 0 atom stereocenters. The van der Waals surface area contributed by atoms with Gasteiger partial charge < -0.3 is 14.8 Å². The Morgan fingerprint density at radius 2 is 2.06 bits per heavy atom. The van der Waals surface area contributed by atoms with E-state index in [1.807, 2.05) is 24.3 Å². The van der Waals surface area contributed by atoms with Crippen LogP contribution < -0.4 is 10.1 Å². The quantitative estimate of drug-likeness (QED) is 0.558. The summed E-state index contributed by atoms with van der Waals surface area (Å²) in [7, 11) is 2.08. The number of halogens is 3. The Kier molecular flexibility index (Phi) is 8.77. The lowest BCUT2D eigenvalue weighted by molar-refractivity contribution is -0.0329. The van der Waals surface area contributed by atoms with Gasteiger partial charge in [-0.05, 0) is 49.7 Å². The highest BCUT2D eigenvalue weighted by molar-refractivity contribution is 8.00. The summed E-state index contributed by atoms with van der Waals surface area (Å²) in [5.41, 5.74) is -3.85. The summed E-state index contributed by atoms with van der Waals surface area (Å²) in [5.74, 6) is 0.0566. The molecule has 1 aromatic heterocycles. The molecule has 6 nitrogen and oxygen atoms in total. The van der Waals surface area contributed by atoms with Gasteiger partial charge in [0.1, 0.15) is 17.4 Å². The van der Waals surface area contributed by atoms with Gasteiger partial charge in [-0.15, -0.1) is 0 Å². The van der Waals surface area contributed by atoms with Crippen molar-refractivity contribution >= 4 is 17.7 Å². The number of nitrogens with one attached hydrogen (secondary N) is 1. The number of amides is 1. The van der Waals surface area contributed by atoms with Crippen LogP contribution in [0.5, 0.6) is 5.75 Å². The highest BCUT2D eigenvalue weighted by Gasteiger charge is 2.32. The van der Waals surface area contributed by atoms with Crippen LogP contribution in [-0.2, 0) is 11.3 Å². The van der Waals surface area contributed by atoms with Crippen LogP contribution in [0.4, 0.5) is 13.2 Å².